The van der Waals surface area contributed by atoms with Crippen LogP contribution in [0, 0.1) is 5.41 Å². The molecule has 0 aromatic heterocycles. The lowest BCUT2D eigenvalue weighted by molar-refractivity contribution is -0.0989. The lowest BCUT2D eigenvalue weighted by atomic mass is 9.89. The summed E-state index contributed by atoms with van der Waals surface area (Å²) in [6.07, 6.45) is 0.666. The molecule has 1 heterocycles. The molecule has 0 aliphatic carbocycles. The summed E-state index contributed by atoms with van der Waals surface area (Å²) in [5.74, 6) is 0. The molecule has 0 aromatic carbocycles. The Labute approximate surface area is 116 Å². The van der Waals surface area contributed by atoms with Crippen molar-refractivity contribution in [2.24, 2.45) is 5.41 Å². The second-order valence-electron chi connectivity index (χ2n) is 6.74. The molecule has 0 spiro atoms. The fourth-order valence-electron chi connectivity index (χ4n) is 1.82. The second kappa shape index (κ2) is 6.57. The lowest BCUT2D eigenvalue weighted by Crippen LogP contribution is -2.47. The van der Waals surface area contributed by atoms with E-state index in [2.05, 4.69) is 12.2 Å². The summed E-state index contributed by atoms with van der Waals surface area (Å²) >= 11 is 0. The van der Waals surface area contributed by atoms with E-state index >= 15 is 0 Å². The van der Waals surface area contributed by atoms with Crippen LogP contribution < -0.4 is 5.32 Å². The molecular weight excluding hydrogens is 244 g/mol. The van der Waals surface area contributed by atoms with Gasteiger partial charge in [-0.2, -0.15) is 0 Å². The number of carbonyl (C=O) groups is 1. The minimum atomic E-state index is -0.428. The Morgan fingerprint density at radius 2 is 2.05 bits per heavy atom. The normalized spacial score (nSPS) is 17.7. The number of rotatable bonds is 6. The van der Waals surface area contributed by atoms with Gasteiger partial charge < -0.3 is 19.7 Å². The van der Waals surface area contributed by atoms with Gasteiger partial charge in [-0.3, -0.25) is 0 Å². The third-order valence-electron chi connectivity index (χ3n) is 3.01. The molecule has 1 aliphatic heterocycles. The van der Waals surface area contributed by atoms with E-state index in [1.54, 1.807) is 11.9 Å². The van der Waals surface area contributed by atoms with Crippen LogP contribution in [-0.4, -0.2) is 56.5 Å². The summed E-state index contributed by atoms with van der Waals surface area (Å²) in [5, 5.41) is 3.41. The first kappa shape index (κ1) is 16.2. The monoisotopic (exact) mass is 272 g/mol. The number of nitrogens with zero attached hydrogens (tertiary/aromatic N) is 1. The van der Waals surface area contributed by atoms with Crippen LogP contribution in [0.4, 0.5) is 4.79 Å². The van der Waals surface area contributed by atoms with E-state index < -0.39 is 5.60 Å². The molecule has 0 aromatic rings. The van der Waals surface area contributed by atoms with Gasteiger partial charge in [0.2, 0.25) is 0 Å². The van der Waals surface area contributed by atoms with Crippen molar-refractivity contribution in [2.45, 2.75) is 39.7 Å². The third-order valence-corrected chi connectivity index (χ3v) is 3.01. The summed E-state index contributed by atoms with van der Waals surface area (Å²) in [5.41, 5.74) is -0.126. The molecule has 1 aliphatic rings. The number of amides is 1. The molecule has 0 saturated carbocycles. The predicted molar refractivity (Wildman–Crippen MR) is 75.3 cm³/mol. The maximum Gasteiger partial charge on any atom is 0.410 e. The first-order chi connectivity index (χ1) is 8.72. The van der Waals surface area contributed by atoms with Crippen LogP contribution in [0.1, 0.15) is 34.1 Å². The molecule has 0 bridgehead atoms. The summed E-state index contributed by atoms with van der Waals surface area (Å²) in [4.78, 5) is 13.3. The van der Waals surface area contributed by atoms with E-state index in [1.165, 1.54) is 0 Å². The Hall–Kier alpha value is -0.810. The molecule has 19 heavy (non-hydrogen) atoms. The van der Waals surface area contributed by atoms with Gasteiger partial charge in [-0.1, -0.05) is 6.92 Å². The highest BCUT2D eigenvalue weighted by Crippen LogP contribution is 2.24. The van der Waals surface area contributed by atoms with Gasteiger partial charge in [0.1, 0.15) is 5.60 Å². The molecule has 1 fully saturated rings. The lowest BCUT2D eigenvalue weighted by Gasteiger charge is -2.38. The number of nitrogens with one attached hydrogen (secondary N) is 1. The summed E-state index contributed by atoms with van der Waals surface area (Å²) in [6, 6.07) is 0. The fraction of sp³-hybridized carbons (Fsp3) is 0.929. The summed E-state index contributed by atoms with van der Waals surface area (Å²) in [6.45, 7) is 12.1. The topological polar surface area (TPSA) is 50.8 Å². The van der Waals surface area contributed by atoms with Gasteiger partial charge in [0.05, 0.1) is 13.2 Å². The van der Waals surface area contributed by atoms with Gasteiger partial charge in [-0.15, -0.1) is 0 Å². The SMILES string of the molecule is CN(CCCNCC1(C)COC1)C(=O)OC(C)(C)C. The van der Waals surface area contributed by atoms with Crippen molar-refractivity contribution in [3.63, 3.8) is 0 Å². The van der Waals surface area contributed by atoms with Crippen LogP contribution >= 0.6 is 0 Å². The quantitative estimate of drug-likeness (QED) is 0.750. The van der Waals surface area contributed by atoms with E-state index in [0.29, 0.717) is 12.0 Å². The third kappa shape index (κ3) is 6.25. The first-order valence-electron chi connectivity index (χ1n) is 6.94. The van der Waals surface area contributed by atoms with Crippen LogP contribution in [0.15, 0.2) is 0 Å². The van der Waals surface area contributed by atoms with E-state index in [9.17, 15) is 4.79 Å². The summed E-state index contributed by atoms with van der Waals surface area (Å²) in [7, 11) is 1.77. The molecule has 0 atom stereocenters. The van der Waals surface area contributed by atoms with Gasteiger partial charge in [0.25, 0.3) is 0 Å². The Balaban J connectivity index is 2.06. The minimum absolute atomic E-state index is 0.258. The highest BCUT2D eigenvalue weighted by Gasteiger charge is 2.32. The number of hydrogen-bond donors (Lipinski definition) is 1. The fourth-order valence-corrected chi connectivity index (χ4v) is 1.82. The summed E-state index contributed by atoms with van der Waals surface area (Å²) < 4.78 is 10.5. The van der Waals surface area contributed by atoms with Gasteiger partial charge in [-0.05, 0) is 33.7 Å². The zero-order chi connectivity index (χ0) is 14.5. The molecule has 0 radical (unpaired) electrons. The van der Waals surface area contributed by atoms with Crippen molar-refractivity contribution in [3.05, 3.63) is 0 Å². The standard InChI is InChI=1S/C14H28N2O3/c1-13(2,3)19-12(17)16(5)8-6-7-15-9-14(4)10-18-11-14/h15H,6-11H2,1-5H3. The predicted octanol–water partition coefficient (Wildman–Crippen LogP) is 1.87. The number of ether oxygens (including phenoxy) is 2. The zero-order valence-corrected chi connectivity index (χ0v) is 12.9. The smallest absolute Gasteiger partial charge is 0.410 e. The van der Waals surface area contributed by atoms with Crippen molar-refractivity contribution >= 4 is 6.09 Å². The van der Waals surface area contributed by atoms with Crippen molar-refractivity contribution < 1.29 is 14.3 Å². The molecule has 1 amide bonds. The zero-order valence-electron chi connectivity index (χ0n) is 12.9. The maximum atomic E-state index is 11.7. The van der Waals surface area contributed by atoms with Crippen molar-refractivity contribution in [1.82, 2.24) is 10.2 Å². The highest BCUT2D eigenvalue weighted by molar-refractivity contribution is 5.67. The van der Waals surface area contributed by atoms with Gasteiger partial charge in [-0.25, -0.2) is 4.79 Å². The number of carbonyl (C=O) groups excluding carboxylic acids is 1. The molecule has 5 nitrogen and oxygen atoms in total. The van der Waals surface area contributed by atoms with Gasteiger partial charge in [0.15, 0.2) is 0 Å². The largest absolute Gasteiger partial charge is 0.444 e. The average Bonchev–Trinajstić information content (AvgIpc) is 2.23. The Morgan fingerprint density at radius 1 is 1.42 bits per heavy atom. The van der Waals surface area contributed by atoms with Crippen LogP contribution in [0.5, 0.6) is 0 Å². The maximum absolute atomic E-state index is 11.7. The Bertz CT molecular complexity index is 296. The molecule has 1 saturated heterocycles. The second-order valence-corrected chi connectivity index (χ2v) is 6.74. The van der Waals surface area contributed by atoms with E-state index in [0.717, 1.165) is 32.7 Å². The Morgan fingerprint density at radius 3 is 2.53 bits per heavy atom. The highest BCUT2D eigenvalue weighted by atomic mass is 16.6. The van der Waals surface area contributed by atoms with Gasteiger partial charge >= 0.3 is 6.09 Å². The molecular formula is C14H28N2O3. The molecule has 1 N–H and O–H groups in total. The van der Waals surface area contributed by atoms with Crippen LogP contribution in [0.25, 0.3) is 0 Å². The molecule has 112 valence electrons. The van der Waals surface area contributed by atoms with Crippen molar-refractivity contribution in [1.29, 1.82) is 0 Å². The molecule has 1 rings (SSSR count). The number of hydrogen-bond acceptors (Lipinski definition) is 4. The van der Waals surface area contributed by atoms with Crippen LogP contribution in [0.3, 0.4) is 0 Å². The van der Waals surface area contributed by atoms with Crippen LogP contribution in [-0.2, 0) is 9.47 Å². The Kier molecular flexibility index (Phi) is 5.62. The molecule has 5 heteroatoms. The van der Waals surface area contributed by atoms with E-state index in [-0.39, 0.29) is 6.09 Å². The van der Waals surface area contributed by atoms with E-state index in [1.807, 2.05) is 20.8 Å². The average molecular weight is 272 g/mol. The first-order valence-corrected chi connectivity index (χ1v) is 6.94. The molecule has 0 unspecified atom stereocenters. The van der Waals surface area contributed by atoms with Gasteiger partial charge in [0, 0.05) is 25.6 Å². The van der Waals surface area contributed by atoms with Crippen LogP contribution in [0.2, 0.25) is 0 Å². The van der Waals surface area contributed by atoms with Crippen molar-refractivity contribution in [3.8, 4) is 0 Å². The van der Waals surface area contributed by atoms with Crippen molar-refractivity contribution in [2.75, 3.05) is 39.9 Å². The minimum Gasteiger partial charge on any atom is -0.444 e. The van der Waals surface area contributed by atoms with E-state index in [4.69, 9.17) is 9.47 Å².